The minimum absolute atomic E-state index is 0.0451. The van der Waals surface area contributed by atoms with Gasteiger partial charge in [-0.25, -0.2) is 0 Å². The van der Waals surface area contributed by atoms with Crippen LogP contribution in [0, 0.1) is 0 Å². The first-order valence-electron chi connectivity index (χ1n) is 5.21. The first-order chi connectivity index (χ1) is 8.15. The summed E-state index contributed by atoms with van der Waals surface area (Å²) in [4.78, 5) is 24.1. The molecule has 0 aromatic carbocycles. The van der Waals surface area contributed by atoms with Crippen molar-refractivity contribution in [3.8, 4) is 0 Å². The number of likely N-dealkylation sites (N-methyl/N-ethyl adjacent to an activating group) is 1. The SMILES string of the molecule is CNC(=O)CNCc1ccc(CC(=O)OC)s1. The average molecular weight is 256 g/mol. The molecule has 0 aliphatic heterocycles. The molecule has 0 atom stereocenters. The summed E-state index contributed by atoms with van der Waals surface area (Å²) in [6.45, 7) is 0.917. The minimum atomic E-state index is -0.239. The number of thiophene rings is 1. The van der Waals surface area contributed by atoms with Crippen LogP contribution in [-0.4, -0.2) is 32.6 Å². The summed E-state index contributed by atoms with van der Waals surface area (Å²) in [6.07, 6.45) is 0.302. The Morgan fingerprint density at radius 2 is 2.06 bits per heavy atom. The van der Waals surface area contributed by atoms with Gasteiger partial charge in [0.05, 0.1) is 20.1 Å². The first-order valence-corrected chi connectivity index (χ1v) is 6.03. The molecular weight excluding hydrogens is 240 g/mol. The van der Waals surface area contributed by atoms with Gasteiger partial charge in [0.25, 0.3) is 0 Å². The fraction of sp³-hybridized carbons (Fsp3) is 0.455. The standard InChI is InChI=1S/C11H16N2O3S/c1-12-10(14)7-13-6-9-4-3-8(17-9)5-11(15)16-2/h3-4,13H,5-7H2,1-2H3,(H,12,14). The molecule has 1 amide bonds. The minimum Gasteiger partial charge on any atom is -0.469 e. The molecule has 1 aromatic rings. The Hall–Kier alpha value is -1.40. The molecule has 0 saturated heterocycles. The molecule has 1 rings (SSSR count). The molecule has 94 valence electrons. The van der Waals surface area contributed by atoms with Gasteiger partial charge < -0.3 is 15.4 Å². The lowest BCUT2D eigenvalue weighted by Crippen LogP contribution is -2.30. The summed E-state index contributed by atoms with van der Waals surface area (Å²) in [5, 5.41) is 5.55. The van der Waals surface area contributed by atoms with Crippen LogP contribution < -0.4 is 10.6 Å². The summed E-state index contributed by atoms with van der Waals surface area (Å²) in [6, 6.07) is 3.85. The number of hydrogen-bond donors (Lipinski definition) is 2. The highest BCUT2D eigenvalue weighted by Gasteiger charge is 2.06. The molecule has 0 bridgehead atoms. The molecule has 0 aliphatic carbocycles. The van der Waals surface area contributed by atoms with Gasteiger partial charge in [-0.15, -0.1) is 11.3 Å². The van der Waals surface area contributed by atoms with E-state index < -0.39 is 0 Å². The fourth-order valence-corrected chi connectivity index (χ4v) is 2.19. The van der Waals surface area contributed by atoms with Crippen LogP contribution in [-0.2, 0) is 27.3 Å². The highest BCUT2D eigenvalue weighted by molar-refractivity contribution is 7.12. The number of methoxy groups -OCH3 is 1. The topological polar surface area (TPSA) is 67.4 Å². The maximum Gasteiger partial charge on any atom is 0.310 e. The zero-order valence-corrected chi connectivity index (χ0v) is 10.7. The third-order valence-corrected chi connectivity index (χ3v) is 3.21. The number of esters is 1. The van der Waals surface area contributed by atoms with Crippen molar-refractivity contribution >= 4 is 23.2 Å². The highest BCUT2D eigenvalue weighted by Crippen LogP contribution is 2.17. The number of amides is 1. The van der Waals surface area contributed by atoms with Crippen molar-refractivity contribution in [3.63, 3.8) is 0 Å². The predicted octanol–water partition coefficient (Wildman–Crippen LogP) is 0.299. The van der Waals surface area contributed by atoms with Gasteiger partial charge in [-0.3, -0.25) is 9.59 Å². The van der Waals surface area contributed by atoms with Crippen molar-refractivity contribution in [2.75, 3.05) is 20.7 Å². The van der Waals surface area contributed by atoms with Crippen LogP contribution in [0.4, 0.5) is 0 Å². The number of ether oxygens (including phenoxy) is 1. The molecule has 0 fully saturated rings. The molecule has 0 unspecified atom stereocenters. The van der Waals surface area contributed by atoms with Gasteiger partial charge in [-0.1, -0.05) is 0 Å². The van der Waals surface area contributed by atoms with Crippen LogP contribution in [0.25, 0.3) is 0 Å². The Morgan fingerprint density at radius 3 is 2.71 bits per heavy atom. The second kappa shape index (κ2) is 7.03. The van der Waals surface area contributed by atoms with Crippen molar-refractivity contribution in [1.82, 2.24) is 10.6 Å². The van der Waals surface area contributed by atoms with Crippen molar-refractivity contribution in [3.05, 3.63) is 21.9 Å². The number of carbonyl (C=O) groups excluding carboxylic acids is 2. The maximum atomic E-state index is 11.0. The molecule has 0 aliphatic rings. The molecule has 5 nitrogen and oxygen atoms in total. The van der Waals surface area contributed by atoms with Gasteiger partial charge >= 0.3 is 5.97 Å². The second-order valence-electron chi connectivity index (χ2n) is 3.40. The van der Waals surface area contributed by atoms with E-state index in [-0.39, 0.29) is 11.9 Å². The Kier molecular flexibility index (Phi) is 5.65. The molecular formula is C11H16N2O3S. The Balaban J connectivity index is 2.35. The van der Waals surface area contributed by atoms with Crippen molar-refractivity contribution < 1.29 is 14.3 Å². The van der Waals surface area contributed by atoms with E-state index in [1.165, 1.54) is 7.11 Å². The highest BCUT2D eigenvalue weighted by atomic mass is 32.1. The van der Waals surface area contributed by atoms with Gasteiger partial charge in [0, 0.05) is 23.3 Å². The quantitative estimate of drug-likeness (QED) is 0.718. The summed E-state index contributed by atoms with van der Waals surface area (Å²) in [7, 11) is 2.98. The summed E-state index contributed by atoms with van der Waals surface area (Å²) >= 11 is 1.54. The maximum absolute atomic E-state index is 11.0. The van der Waals surface area contributed by atoms with Crippen LogP contribution >= 0.6 is 11.3 Å². The molecule has 17 heavy (non-hydrogen) atoms. The van der Waals surface area contributed by atoms with Crippen LogP contribution in [0.5, 0.6) is 0 Å². The largest absolute Gasteiger partial charge is 0.469 e. The zero-order chi connectivity index (χ0) is 12.7. The molecule has 0 spiro atoms. The smallest absolute Gasteiger partial charge is 0.310 e. The van der Waals surface area contributed by atoms with Crippen molar-refractivity contribution in [2.24, 2.45) is 0 Å². The van der Waals surface area contributed by atoms with Crippen LogP contribution in [0.3, 0.4) is 0 Å². The monoisotopic (exact) mass is 256 g/mol. The molecule has 1 aromatic heterocycles. The summed E-state index contributed by atoms with van der Waals surface area (Å²) < 4.78 is 4.59. The van der Waals surface area contributed by atoms with E-state index in [1.54, 1.807) is 18.4 Å². The van der Waals surface area contributed by atoms with Crippen LogP contribution in [0.1, 0.15) is 9.75 Å². The first kappa shape index (κ1) is 13.7. The van der Waals surface area contributed by atoms with Gasteiger partial charge in [-0.2, -0.15) is 0 Å². The van der Waals surface area contributed by atoms with Crippen LogP contribution in [0.2, 0.25) is 0 Å². The molecule has 0 saturated carbocycles. The summed E-state index contributed by atoms with van der Waals surface area (Å²) in [5.74, 6) is -0.284. The average Bonchev–Trinajstić information content (AvgIpc) is 2.76. The van der Waals surface area contributed by atoms with Gasteiger partial charge in [0.2, 0.25) is 5.91 Å². The van der Waals surface area contributed by atoms with Gasteiger partial charge in [0.15, 0.2) is 0 Å². The van der Waals surface area contributed by atoms with E-state index in [1.807, 2.05) is 12.1 Å². The number of nitrogens with one attached hydrogen (secondary N) is 2. The molecule has 1 heterocycles. The van der Waals surface area contributed by atoms with E-state index in [9.17, 15) is 9.59 Å². The number of hydrogen-bond acceptors (Lipinski definition) is 5. The van der Waals surface area contributed by atoms with Gasteiger partial charge in [-0.05, 0) is 12.1 Å². The number of rotatable bonds is 6. The van der Waals surface area contributed by atoms with Crippen molar-refractivity contribution in [2.45, 2.75) is 13.0 Å². The van der Waals surface area contributed by atoms with Crippen LogP contribution in [0.15, 0.2) is 12.1 Å². The van der Waals surface area contributed by atoms with E-state index in [0.29, 0.717) is 19.5 Å². The van der Waals surface area contributed by atoms with E-state index in [2.05, 4.69) is 15.4 Å². The Bertz CT molecular complexity index is 390. The summed E-state index contributed by atoms with van der Waals surface area (Å²) in [5.41, 5.74) is 0. The van der Waals surface area contributed by atoms with E-state index >= 15 is 0 Å². The molecule has 0 radical (unpaired) electrons. The van der Waals surface area contributed by atoms with E-state index in [4.69, 9.17) is 0 Å². The third kappa shape index (κ3) is 4.97. The Morgan fingerprint density at radius 1 is 1.35 bits per heavy atom. The Labute approximate surface area is 104 Å². The third-order valence-electron chi connectivity index (χ3n) is 2.13. The lowest BCUT2D eigenvalue weighted by Gasteiger charge is -2.01. The lowest BCUT2D eigenvalue weighted by molar-refractivity contribution is -0.139. The molecule has 2 N–H and O–H groups in total. The second-order valence-corrected chi connectivity index (χ2v) is 4.65. The zero-order valence-electron chi connectivity index (χ0n) is 9.91. The molecule has 6 heteroatoms. The lowest BCUT2D eigenvalue weighted by atomic mass is 10.3. The van der Waals surface area contributed by atoms with E-state index in [0.717, 1.165) is 9.75 Å². The van der Waals surface area contributed by atoms with Crippen molar-refractivity contribution in [1.29, 1.82) is 0 Å². The predicted molar refractivity (Wildman–Crippen MR) is 65.8 cm³/mol. The number of carbonyl (C=O) groups is 2. The van der Waals surface area contributed by atoms with Gasteiger partial charge in [0.1, 0.15) is 0 Å². The fourth-order valence-electron chi connectivity index (χ4n) is 1.21. The normalized spacial score (nSPS) is 10.0.